The smallest absolute Gasteiger partial charge is 0.334 e. The molecule has 0 N–H and O–H groups in total. The maximum absolute atomic E-state index is 14.4. The molecule has 1 saturated heterocycles. The Kier molecular flexibility index (Phi) is 11.3. The zero-order valence-corrected chi connectivity index (χ0v) is 27.5. The summed E-state index contributed by atoms with van der Waals surface area (Å²) in [6.07, 6.45) is -2.59. The number of hydrogen-bond donors (Lipinski definition) is 0. The molecule has 1 aliphatic heterocycles. The number of aromatic nitrogens is 3. The number of alkyl halides is 3. The molecule has 1 fully saturated rings. The minimum atomic E-state index is -4.41. The Morgan fingerprint density at radius 2 is 1.60 bits per heavy atom. The van der Waals surface area contributed by atoms with Gasteiger partial charge in [-0.25, -0.2) is 13.5 Å². The van der Waals surface area contributed by atoms with Gasteiger partial charge in [0.2, 0.25) is 5.91 Å². The maximum Gasteiger partial charge on any atom is 0.416 e. The normalized spacial score (nSPS) is 14.3. The van der Waals surface area contributed by atoms with Crippen molar-refractivity contribution in [2.75, 3.05) is 19.6 Å². The topological polar surface area (TPSA) is 71.3 Å². The van der Waals surface area contributed by atoms with Gasteiger partial charge in [-0.15, -0.1) is 0 Å². The standard InChI is InChI=1S/C35H36F5N5O2S/c1-3-30-33(47)41-34(48-22-26-6-5-7-29(36)32(26)37)45(42-30)21-31(46)44(28-16-18-43(4-2)19-17-28)20-23-8-10-24(11-9-23)25-12-14-27(15-13-25)35(38,39)40/h5-15,28H,3-4,16-22H2,1-2H3. The number of nitrogens with zero attached hydrogens (tertiary/aromatic N) is 5. The van der Waals surface area contributed by atoms with Gasteiger partial charge in [-0.3, -0.25) is 9.59 Å². The minimum Gasteiger partial charge on any atom is -0.334 e. The van der Waals surface area contributed by atoms with Gasteiger partial charge in [0.1, 0.15) is 12.2 Å². The lowest BCUT2D eigenvalue weighted by Crippen LogP contribution is -2.48. The second-order valence-electron chi connectivity index (χ2n) is 11.6. The van der Waals surface area contributed by atoms with Crippen molar-refractivity contribution in [3.05, 3.63) is 111 Å². The Labute approximate surface area is 279 Å². The number of rotatable bonds is 11. The molecule has 13 heteroatoms. The summed E-state index contributed by atoms with van der Waals surface area (Å²) in [6, 6.07) is 16.1. The predicted octanol–water partition coefficient (Wildman–Crippen LogP) is 6.97. The number of carbonyl (C=O) groups excluding carboxylic acids is 1. The number of piperidine rings is 1. The molecule has 3 aromatic carbocycles. The number of benzene rings is 3. The molecule has 7 nitrogen and oxygen atoms in total. The summed E-state index contributed by atoms with van der Waals surface area (Å²) in [7, 11) is 0. The van der Waals surface area contributed by atoms with Crippen molar-refractivity contribution < 1.29 is 26.7 Å². The molecular weight excluding hydrogens is 649 g/mol. The lowest BCUT2D eigenvalue weighted by atomic mass is 10.00. The van der Waals surface area contributed by atoms with Crippen LogP contribution in [-0.4, -0.2) is 56.1 Å². The maximum atomic E-state index is 14.4. The Balaban J connectivity index is 1.38. The van der Waals surface area contributed by atoms with E-state index in [9.17, 15) is 31.5 Å². The molecule has 1 aromatic heterocycles. The fourth-order valence-electron chi connectivity index (χ4n) is 5.71. The molecular formula is C35H36F5N5O2S. The number of hydrogen-bond acceptors (Lipinski definition) is 6. The molecule has 4 aromatic rings. The lowest BCUT2D eigenvalue weighted by Gasteiger charge is -2.38. The second-order valence-corrected chi connectivity index (χ2v) is 12.6. The molecule has 1 amide bonds. The van der Waals surface area contributed by atoms with E-state index in [1.165, 1.54) is 28.9 Å². The van der Waals surface area contributed by atoms with E-state index < -0.39 is 28.9 Å². The van der Waals surface area contributed by atoms with E-state index in [-0.39, 0.29) is 47.2 Å². The highest BCUT2D eigenvalue weighted by Gasteiger charge is 2.31. The molecule has 0 aliphatic carbocycles. The van der Waals surface area contributed by atoms with E-state index in [1.54, 1.807) is 6.92 Å². The van der Waals surface area contributed by atoms with Gasteiger partial charge in [0.05, 0.1) is 5.56 Å². The van der Waals surface area contributed by atoms with Crippen LogP contribution in [0.15, 0.2) is 76.7 Å². The van der Waals surface area contributed by atoms with Gasteiger partial charge in [-0.05, 0) is 60.7 Å². The lowest BCUT2D eigenvalue weighted by molar-refractivity contribution is -0.138. The predicted molar refractivity (Wildman–Crippen MR) is 174 cm³/mol. The quantitative estimate of drug-likeness (QED) is 0.126. The van der Waals surface area contributed by atoms with Crippen molar-refractivity contribution >= 4 is 17.7 Å². The number of carbonyl (C=O) groups is 1. The van der Waals surface area contributed by atoms with Crippen LogP contribution in [0.2, 0.25) is 0 Å². The van der Waals surface area contributed by atoms with Crippen LogP contribution in [-0.2, 0) is 36.2 Å². The monoisotopic (exact) mass is 685 g/mol. The molecule has 0 bridgehead atoms. The van der Waals surface area contributed by atoms with Gasteiger partial charge in [0.15, 0.2) is 16.8 Å². The number of likely N-dealkylation sites (tertiary alicyclic amines) is 1. The highest BCUT2D eigenvalue weighted by molar-refractivity contribution is 7.98. The second kappa shape index (κ2) is 15.4. The summed E-state index contributed by atoms with van der Waals surface area (Å²) in [5.74, 6) is -2.23. The van der Waals surface area contributed by atoms with Crippen LogP contribution >= 0.6 is 11.8 Å². The van der Waals surface area contributed by atoms with Crippen molar-refractivity contribution in [2.24, 2.45) is 0 Å². The van der Waals surface area contributed by atoms with Crippen molar-refractivity contribution in [1.82, 2.24) is 24.6 Å². The number of aryl methyl sites for hydroxylation is 1. The van der Waals surface area contributed by atoms with E-state index in [2.05, 4.69) is 21.9 Å². The first-order chi connectivity index (χ1) is 23.0. The van der Waals surface area contributed by atoms with Crippen LogP contribution in [0, 0.1) is 11.6 Å². The Bertz CT molecular complexity index is 1770. The summed E-state index contributed by atoms with van der Waals surface area (Å²) < 4.78 is 68.6. The number of thioether (sulfide) groups is 1. The first kappa shape index (κ1) is 35.2. The van der Waals surface area contributed by atoms with Crippen LogP contribution < -0.4 is 5.56 Å². The third-order valence-corrected chi connectivity index (χ3v) is 9.55. The highest BCUT2D eigenvalue weighted by Crippen LogP contribution is 2.31. The zero-order valence-electron chi connectivity index (χ0n) is 26.6. The Hall–Kier alpha value is -4.10. The molecule has 0 unspecified atom stereocenters. The number of amides is 1. The Morgan fingerprint density at radius 1 is 0.958 bits per heavy atom. The largest absolute Gasteiger partial charge is 0.416 e. The van der Waals surface area contributed by atoms with Crippen molar-refractivity contribution in [3.63, 3.8) is 0 Å². The van der Waals surface area contributed by atoms with E-state index >= 15 is 0 Å². The molecule has 0 atom stereocenters. The minimum absolute atomic E-state index is 0.0259. The molecule has 0 radical (unpaired) electrons. The molecule has 48 heavy (non-hydrogen) atoms. The van der Waals surface area contributed by atoms with Gasteiger partial charge in [-0.1, -0.05) is 74.1 Å². The average Bonchev–Trinajstić information content (AvgIpc) is 3.08. The van der Waals surface area contributed by atoms with E-state index in [0.29, 0.717) is 12.0 Å². The third-order valence-electron chi connectivity index (χ3n) is 8.53. The van der Waals surface area contributed by atoms with Gasteiger partial charge in [-0.2, -0.15) is 23.3 Å². The van der Waals surface area contributed by atoms with Crippen LogP contribution in [0.3, 0.4) is 0 Å². The zero-order chi connectivity index (χ0) is 34.4. The summed E-state index contributed by atoms with van der Waals surface area (Å²) in [5.41, 5.74) is 1.25. The first-order valence-corrected chi connectivity index (χ1v) is 16.8. The summed E-state index contributed by atoms with van der Waals surface area (Å²) >= 11 is 0.997. The van der Waals surface area contributed by atoms with E-state index in [1.807, 2.05) is 29.2 Å². The van der Waals surface area contributed by atoms with Crippen LogP contribution in [0.4, 0.5) is 22.0 Å². The van der Waals surface area contributed by atoms with Crippen LogP contribution in [0.1, 0.15) is 49.1 Å². The van der Waals surface area contributed by atoms with Crippen molar-refractivity contribution in [2.45, 2.75) is 69.3 Å². The van der Waals surface area contributed by atoms with Crippen LogP contribution in [0.25, 0.3) is 11.1 Å². The molecule has 1 aliphatic rings. The van der Waals surface area contributed by atoms with Gasteiger partial charge in [0.25, 0.3) is 5.56 Å². The third kappa shape index (κ3) is 8.48. The summed E-state index contributed by atoms with van der Waals surface area (Å²) in [5, 5.41) is 4.56. The fourth-order valence-corrected chi connectivity index (χ4v) is 6.62. The molecule has 5 rings (SSSR count). The molecule has 0 spiro atoms. The van der Waals surface area contributed by atoms with E-state index in [4.69, 9.17) is 0 Å². The molecule has 0 saturated carbocycles. The first-order valence-electron chi connectivity index (χ1n) is 15.8. The molecule has 254 valence electrons. The van der Waals surface area contributed by atoms with Gasteiger partial charge in [0, 0.05) is 37.0 Å². The van der Waals surface area contributed by atoms with Crippen LogP contribution in [0.5, 0.6) is 0 Å². The average molecular weight is 686 g/mol. The van der Waals surface area contributed by atoms with Gasteiger partial charge >= 0.3 is 6.18 Å². The molecule has 2 heterocycles. The highest BCUT2D eigenvalue weighted by atomic mass is 32.2. The fraction of sp³-hybridized carbons (Fsp3) is 0.371. The van der Waals surface area contributed by atoms with E-state index in [0.717, 1.165) is 73.6 Å². The number of halogens is 5. The summed E-state index contributed by atoms with van der Waals surface area (Å²) in [4.78, 5) is 35.0. The van der Waals surface area contributed by atoms with Gasteiger partial charge < -0.3 is 9.80 Å². The summed E-state index contributed by atoms with van der Waals surface area (Å²) in [6.45, 7) is 6.49. The SMILES string of the molecule is CCc1nn(CC(=O)N(Cc2ccc(-c3ccc(C(F)(F)F)cc3)cc2)C2CCN(CC)CC2)c(SCc2cccc(F)c2F)nc1=O. The van der Waals surface area contributed by atoms with Crippen molar-refractivity contribution in [3.8, 4) is 11.1 Å². The Morgan fingerprint density at radius 3 is 2.21 bits per heavy atom. The van der Waals surface area contributed by atoms with Crippen molar-refractivity contribution in [1.29, 1.82) is 0 Å².